The molecule has 0 aliphatic carbocycles. The second-order valence-electron chi connectivity index (χ2n) is 9.38. The molecule has 0 aromatic heterocycles. The molecule has 0 radical (unpaired) electrons. The molecule has 2 amide bonds. The summed E-state index contributed by atoms with van der Waals surface area (Å²) < 4.78 is 30.7. The van der Waals surface area contributed by atoms with Gasteiger partial charge in [-0.3, -0.25) is 14.4 Å². The molecule has 0 spiro atoms. The molecule has 4 aromatic rings. The summed E-state index contributed by atoms with van der Waals surface area (Å²) in [6, 6.07) is 30.2. The van der Waals surface area contributed by atoms with E-state index in [-0.39, 0.29) is 16.6 Å². The van der Waals surface area contributed by atoms with Crippen molar-refractivity contribution in [1.29, 1.82) is 0 Å². The number of carbonyl (C=O) groups is 2. The Kier molecular flexibility index (Phi) is 6.17. The zero-order valence-corrected chi connectivity index (χ0v) is 21.7. The van der Waals surface area contributed by atoms with E-state index >= 15 is 0 Å². The van der Waals surface area contributed by atoms with Crippen LogP contribution >= 0.6 is 0 Å². The lowest BCUT2D eigenvalue weighted by Gasteiger charge is -2.29. The number of anilines is 2. The fourth-order valence-electron chi connectivity index (χ4n) is 5.09. The van der Waals surface area contributed by atoms with E-state index in [1.165, 1.54) is 29.2 Å². The molecule has 0 N–H and O–H groups in total. The van der Waals surface area contributed by atoms with Crippen LogP contribution in [0.3, 0.4) is 0 Å². The number of aryl methyl sites for hydroxylation is 1. The molecule has 196 valence electrons. The van der Waals surface area contributed by atoms with Gasteiger partial charge in [-0.1, -0.05) is 66.7 Å². The Morgan fingerprint density at radius 2 is 1.36 bits per heavy atom. The number of benzene rings is 4. The molecule has 0 saturated carbocycles. The second-order valence-corrected chi connectivity index (χ2v) is 10.9. The Morgan fingerprint density at radius 3 is 2.03 bits per heavy atom. The molecule has 2 fully saturated rings. The molecular formula is C30H24N2O6S. The Bertz CT molecular complexity index is 1640. The Hall–Kier alpha value is -4.47. The highest BCUT2D eigenvalue weighted by Gasteiger charge is 2.60. The standard InChI is InChI=1S/C30H24N2O6S/c1-20-10-8-9-15-25(20)31-29(33)26-27(32(37-28(26)30(31)34)22-11-4-2-5-12-22)21-16-18-23(19-17-21)38-39(35,36)24-13-6-3-7-14-24/h2-19,26-28H,1H3/t26-,27+,28+/m0/s1. The molecule has 6 rings (SSSR count). The van der Waals surface area contributed by atoms with Crippen LogP contribution < -0.4 is 14.1 Å². The van der Waals surface area contributed by atoms with Gasteiger partial charge in [-0.2, -0.15) is 8.42 Å². The van der Waals surface area contributed by atoms with Gasteiger partial charge in [0, 0.05) is 0 Å². The molecule has 0 bridgehead atoms. The molecule has 3 atom stereocenters. The fourth-order valence-corrected chi connectivity index (χ4v) is 6.04. The van der Waals surface area contributed by atoms with Crippen molar-refractivity contribution in [2.45, 2.75) is 24.0 Å². The lowest BCUT2D eigenvalue weighted by molar-refractivity contribution is -0.126. The molecule has 2 saturated heterocycles. The van der Waals surface area contributed by atoms with Crippen molar-refractivity contribution in [3.8, 4) is 5.75 Å². The van der Waals surface area contributed by atoms with Gasteiger partial charge < -0.3 is 4.18 Å². The van der Waals surface area contributed by atoms with Crippen LogP contribution in [-0.4, -0.2) is 26.3 Å². The minimum atomic E-state index is -4.01. The van der Waals surface area contributed by atoms with Crippen molar-refractivity contribution in [3.05, 3.63) is 120 Å². The van der Waals surface area contributed by atoms with E-state index in [2.05, 4.69) is 0 Å². The SMILES string of the molecule is Cc1ccccc1N1C(=O)[C@H]2[C@@H](c3ccc(OS(=O)(=O)c4ccccc4)cc3)N(c3ccccc3)O[C@H]2C1=O. The largest absolute Gasteiger partial charge is 0.379 e. The van der Waals surface area contributed by atoms with E-state index < -0.39 is 34.1 Å². The first kappa shape index (κ1) is 24.8. The number of hydrogen-bond donors (Lipinski definition) is 0. The molecule has 4 aromatic carbocycles. The van der Waals surface area contributed by atoms with Crippen molar-refractivity contribution in [2.75, 3.05) is 9.96 Å². The topological polar surface area (TPSA) is 93.2 Å². The van der Waals surface area contributed by atoms with Gasteiger partial charge in [0.15, 0.2) is 6.10 Å². The van der Waals surface area contributed by atoms with E-state index in [4.69, 9.17) is 9.02 Å². The zero-order chi connectivity index (χ0) is 27.1. The highest BCUT2D eigenvalue weighted by atomic mass is 32.2. The molecule has 2 heterocycles. The lowest BCUT2D eigenvalue weighted by atomic mass is 9.90. The molecule has 2 aliphatic heterocycles. The number of fused-ring (bicyclic) bond motifs is 1. The highest BCUT2D eigenvalue weighted by Crippen LogP contribution is 2.48. The minimum absolute atomic E-state index is 0.0442. The monoisotopic (exact) mass is 540 g/mol. The zero-order valence-electron chi connectivity index (χ0n) is 20.9. The van der Waals surface area contributed by atoms with Gasteiger partial charge in [0.25, 0.3) is 5.91 Å². The molecule has 9 heteroatoms. The maximum absolute atomic E-state index is 13.8. The third kappa shape index (κ3) is 4.35. The van der Waals surface area contributed by atoms with Gasteiger partial charge in [-0.25, -0.2) is 9.96 Å². The average Bonchev–Trinajstić information content (AvgIpc) is 3.46. The van der Waals surface area contributed by atoms with Crippen LogP contribution in [0.2, 0.25) is 0 Å². The summed E-state index contributed by atoms with van der Waals surface area (Å²) >= 11 is 0. The number of hydrogen-bond acceptors (Lipinski definition) is 7. The normalized spacial score (nSPS) is 20.8. The Balaban J connectivity index is 1.35. The van der Waals surface area contributed by atoms with Crippen LogP contribution in [0.4, 0.5) is 11.4 Å². The first-order chi connectivity index (χ1) is 18.8. The number of hydroxylamine groups is 1. The van der Waals surface area contributed by atoms with Crippen LogP contribution in [0.1, 0.15) is 17.2 Å². The number of carbonyl (C=O) groups excluding carboxylic acids is 2. The predicted octanol–water partition coefficient (Wildman–Crippen LogP) is 4.81. The lowest BCUT2D eigenvalue weighted by Crippen LogP contribution is -2.37. The van der Waals surface area contributed by atoms with Gasteiger partial charge in [0.05, 0.1) is 17.4 Å². The van der Waals surface area contributed by atoms with E-state index in [0.29, 0.717) is 16.9 Å². The summed E-state index contributed by atoms with van der Waals surface area (Å²) in [4.78, 5) is 34.8. The van der Waals surface area contributed by atoms with Gasteiger partial charge in [0.1, 0.15) is 16.6 Å². The molecule has 39 heavy (non-hydrogen) atoms. The van der Waals surface area contributed by atoms with Crippen molar-refractivity contribution in [2.24, 2.45) is 5.92 Å². The van der Waals surface area contributed by atoms with Gasteiger partial charge >= 0.3 is 10.1 Å². The van der Waals surface area contributed by atoms with Crippen molar-refractivity contribution in [3.63, 3.8) is 0 Å². The third-order valence-corrected chi connectivity index (χ3v) is 8.20. The summed E-state index contributed by atoms with van der Waals surface area (Å²) in [5.74, 6) is -1.46. The number of nitrogens with zero attached hydrogens (tertiary/aromatic N) is 2. The average molecular weight is 541 g/mol. The first-order valence-electron chi connectivity index (χ1n) is 12.4. The van der Waals surface area contributed by atoms with Crippen molar-refractivity contribution < 1.29 is 27.0 Å². The second kappa shape index (κ2) is 9.68. The van der Waals surface area contributed by atoms with Crippen LogP contribution in [0.5, 0.6) is 5.75 Å². The summed E-state index contributed by atoms with van der Waals surface area (Å²) in [6.45, 7) is 1.85. The molecule has 8 nitrogen and oxygen atoms in total. The van der Waals surface area contributed by atoms with Crippen LogP contribution in [-0.2, 0) is 24.5 Å². The Morgan fingerprint density at radius 1 is 0.744 bits per heavy atom. The maximum atomic E-state index is 13.8. The van der Waals surface area contributed by atoms with Crippen molar-refractivity contribution >= 4 is 33.3 Å². The number of amides is 2. The summed E-state index contributed by atoms with van der Waals surface area (Å²) in [6.07, 6.45) is -1.00. The van der Waals surface area contributed by atoms with Crippen LogP contribution in [0.15, 0.2) is 114 Å². The molecular weight excluding hydrogens is 516 g/mol. The number of imide groups is 1. The van der Waals surface area contributed by atoms with Crippen LogP contribution in [0, 0.1) is 12.8 Å². The van der Waals surface area contributed by atoms with E-state index in [1.54, 1.807) is 47.5 Å². The maximum Gasteiger partial charge on any atom is 0.339 e. The Labute approximate surface area is 226 Å². The summed E-state index contributed by atoms with van der Waals surface area (Å²) in [7, 11) is -4.01. The van der Waals surface area contributed by atoms with E-state index in [9.17, 15) is 18.0 Å². The van der Waals surface area contributed by atoms with Gasteiger partial charge in [-0.15, -0.1) is 0 Å². The smallest absolute Gasteiger partial charge is 0.339 e. The van der Waals surface area contributed by atoms with Gasteiger partial charge in [-0.05, 0) is 60.5 Å². The predicted molar refractivity (Wildman–Crippen MR) is 144 cm³/mol. The summed E-state index contributed by atoms with van der Waals surface area (Å²) in [5, 5.41) is 1.59. The quantitative estimate of drug-likeness (QED) is 0.256. The summed E-state index contributed by atoms with van der Waals surface area (Å²) in [5.41, 5.74) is 2.69. The minimum Gasteiger partial charge on any atom is -0.379 e. The van der Waals surface area contributed by atoms with Crippen molar-refractivity contribution in [1.82, 2.24) is 0 Å². The van der Waals surface area contributed by atoms with E-state index in [0.717, 1.165) is 5.56 Å². The third-order valence-electron chi connectivity index (χ3n) is 6.94. The highest BCUT2D eigenvalue weighted by molar-refractivity contribution is 7.87. The molecule has 0 unspecified atom stereocenters. The number of para-hydroxylation sites is 2. The first-order valence-corrected chi connectivity index (χ1v) is 13.8. The molecule has 2 aliphatic rings. The van der Waals surface area contributed by atoms with Gasteiger partial charge in [0.2, 0.25) is 5.91 Å². The fraction of sp³-hybridized carbons (Fsp3) is 0.133. The van der Waals surface area contributed by atoms with Crippen LogP contribution in [0.25, 0.3) is 0 Å². The van der Waals surface area contributed by atoms with E-state index in [1.807, 2.05) is 49.4 Å². The number of rotatable bonds is 6.